The Morgan fingerprint density at radius 3 is 2.48 bits per heavy atom. The van der Waals surface area contributed by atoms with Crippen LogP contribution in [-0.4, -0.2) is 52.9 Å². The van der Waals surface area contributed by atoms with Crippen LogP contribution in [0, 0.1) is 17.0 Å². The summed E-state index contributed by atoms with van der Waals surface area (Å²) in [6.07, 6.45) is 0. The summed E-state index contributed by atoms with van der Waals surface area (Å²) in [5, 5.41) is 12.5. The second-order valence-electron chi connectivity index (χ2n) is 4.84. The maximum Gasteiger partial charge on any atom is 0.268 e. The van der Waals surface area contributed by atoms with Gasteiger partial charge in [0.2, 0.25) is 0 Å². The quantitative estimate of drug-likeness (QED) is 0.364. The Morgan fingerprint density at radius 1 is 1.29 bits per heavy atom. The molecule has 0 unspecified atom stereocenters. The second kappa shape index (κ2) is 6.21. The highest BCUT2D eigenvalue weighted by Gasteiger charge is 2.24. The molecule has 1 heterocycles. The van der Waals surface area contributed by atoms with Crippen LogP contribution in [0.5, 0.6) is 0 Å². The smallest absolute Gasteiger partial charge is 0.268 e. The number of nitrogens with zero attached hydrogens (tertiary/aromatic N) is 4. The lowest BCUT2D eigenvalue weighted by Gasteiger charge is -2.34. The van der Waals surface area contributed by atoms with E-state index in [2.05, 4.69) is 5.10 Å². The molecule has 2 rings (SSSR count). The Morgan fingerprint density at radius 2 is 1.90 bits per heavy atom. The number of hydrazone groups is 1. The normalized spacial score (nSPS) is 16.0. The van der Waals surface area contributed by atoms with Gasteiger partial charge in [-0.3, -0.25) is 4.79 Å². The van der Waals surface area contributed by atoms with Crippen LogP contribution in [-0.2, 0) is 0 Å². The minimum absolute atomic E-state index is 0.0388. The molecule has 1 saturated heterocycles. The van der Waals surface area contributed by atoms with E-state index < -0.39 is 5.03 Å². The monoisotopic (exact) mass is 291 g/mol. The number of guanidine groups is 1. The Hall–Kier alpha value is -2.64. The molecule has 0 atom stereocenters. The number of amides is 1. The third-order valence-corrected chi connectivity index (χ3v) is 3.34. The predicted octanol–water partition coefficient (Wildman–Crippen LogP) is 0.259. The number of carbonyl (C=O) groups excluding carboxylic acids is 1. The molecule has 8 heteroatoms. The standard InChI is InChI=1S/C13H17N5O3/c1-10-3-2-4-11(9-10)12(19)16-5-7-17(8-6-16)13(14)15-18(20)21/h2-4,9H,5-8H2,1H3,(H2,14,15). The molecule has 0 bridgehead atoms. The number of piperazine rings is 1. The molecule has 1 aromatic carbocycles. The van der Waals surface area contributed by atoms with Gasteiger partial charge in [-0.1, -0.05) is 17.7 Å². The SMILES string of the molecule is Cc1cccc(C(=O)N2CCN(/C(N)=N/[N+](=O)[O-])CC2)c1. The van der Waals surface area contributed by atoms with E-state index >= 15 is 0 Å². The number of hydrogen-bond acceptors (Lipinski definition) is 3. The first-order chi connectivity index (χ1) is 9.97. The van der Waals surface area contributed by atoms with Crippen LogP contribution in [0.2, 0.25) is 0 Å². The zero-order chi connectivity index (χ0) is 15.4. The van der Waals surface area contributed by atoms with Crippen molar-refractivity contribution in [1.82, 2.24) is 9.80 Å². The minimum Gasteiger partial charge on any atom is -0.365 e. The predicted molar refractivity (Wildman–Crippen MR) is 77.3 cm³/mol. The van der Waals surface area contributed by atoms with E-state index in [0.29, 0.717) is 31.7 Å². The zero-order valence-electron chi connectivity index (χ0n) is 11.7. The van der Waals surface area contributed by atoms with Gasteiger partial charge in [0.25, 0.3) is 11.9 Å². The fraction of sp³-hybridized carbons (Fsp3) is 0.385. The van der Waals surface area contributed by atoms with Crippen molar-refractivity contribution in [3.8, 4) is 0 Å². The first kappa shape index (κ1) is 14.8. The van der Waals surface area contributed by atoms with E-state index in [9.17, 15) is 14.9 Å². The van der Waals surface area contributed by atoms with Crippen LogP contribution >= 0.6 is 0 Å². The van der Waals surface area contributed by atoms with Crippen molar-refractivity contribution in [2.24, 2.45) is 10.8 Å². The van der Waals surface area contributed by atoms with Crippen LogP contribution in [0.25, 0.3) is 0 Å². The lowest BCUT2D eigenvalue weighted by molar-refractivity contribution is -0.485. The number of hydrogen-bond donors (Lipinski definition) is 1. The van der Waals surface area contributed by atoms with Gasteiger partial charge < -0.3 is 15.5 Å². The molecule has 112 valence electrons. The summed E-state index contributed by atoms with van der Waals surface area (Å²) in [4.78, 5) is 25.9. The van der Waals surface area contributed by atoms with Gasteiger partial charge in [0.1, 0.15) is 5.10 Å². The van der Waals surface area contributed by atoms with Gasteiger partial charge in [-0.2, -0.15) is 0 Å². The average molecular weight is 291 g/mol. The molecule has 0 spiro atoms. The van der Waals surface area contributed by atoms with Gasteiger partial charge in [0, 0.05) is 31.7 Å². The fourth-order valence-electron chi connectivity index (χ4n) is 2.25. The Bertz CT molecular complexity index is 579. The lowest BCUT2D eigenvalue weighted by atomic mass is 10.1. The first-order valence-corrected chi connectivity index (χ1v) is 6.57. The van der Waals surface area contributed by atoms with Crippen molar-refractivity contribution in [2.75, 3.05) is 26.2 Å². The highest BCUT2D eigenvalue weighted by Crippen LogP contribution is 2.10. The van der Waals surface area contributed by atoms with E-state index in [1.54, 1.807) is 15.9 Å². The molecule has 0 aromatic heterocycles. The van der Waals surface area contributed by atoms with Crippen LogP contribution in [0.4, 0.5) is 0 Å². The molecule has 1 aliphatic heterocycles. The van der Waals surface area contributed by atoms with Crippen molar-refractivity contribution in [1.29, 1.82) is 0 Å². The molecule has 8 nitrogen and oxygen atoms in total. The Labute approximate surface area is 122 Å². The van der Waals surface area contributed by atoms with Gasteiger partial charge in [-0.05, 0) is 19.1 Å². The van der Waals surface area contributed by atoms with Crippen molar-refractivity contribution < 1.29 is 9.83 Å². The molecule has 0 aliphatic carbocycles. The number of nitro groups is 1. The lowest BCUT2D eigenvalue weighted by Crippen LogP contribution is -2.52. The van der Waals surface area contributed by atoms with Crippen molar-refractivity contribution >= 4 is 11.9 Å². The number of carbonyl (C=O) groups is 1. The van der Waals surface area contributed by atoms with Crippen molar-refractivity contribution in [3.63, 3.8) is 0 Å². The van der Waals surface area contributed by atoms with Gasteiger partial charge in [-0.15, -0.1) is 0 Å². The topological polar surface area (TPSA) is 105 Å². The highest BCUT2D eigenvalue weighted by molar-refractivity contribution is 5.94. The van der Waals surface area contributed by atoms with Gasteiger partial charge in [0.05, 0.1) is 0 Å². The fourth-order valence-corrected chi connectivity index (χ4v) is 2.25. The summed E-state index contributed by atoms with van der Waals surface area (Å²) >= 11 is 0. The van der Waals surface area contributed by atoms with Crippen molar-refractivity contribution in [3.05, 3.63) is 45.5 Å². The summed E-state index contributed by atoms with van der Waals surface area (Å²) in [5.74, 6) is -0.161. The second-order valence-corrected chi connectivity index (χ2v) is 4.84. The Kier molecular flexibility index (Phi) is 4.36. The van der Waals surface area contributed by atoms with Gasteiger partial charge in [-0.25, -0.2) is 10.1 Å². The minimum atomic E-state index is -0.820. The third-order valence-electron chi connectivity index (χ3n) is 3.34. The van der Waals surface area contributed by atoms with Gasteiger partial charge >= 0.3 is 0 Å². The highest BCUT2D eigenvalue weighted by atomic mass is 16.7. The first-order valence-electron chi connectivity index (χ1n) is 6.57. The third kappa shape index (κ3) is 3.68. The van der Waals surface area contributed by atoms with E-state index in [0.717, 1.165) is 5.56 Å². The van der Waals surface area contributed by atoms with Gasteiger partial charge in [0.15, 0.2) is 5.03 Å². The number of rotatable bonds is 2. The maximum absolute atomic E-state index is 12.3. The van der Waals surface area contributed by atoms with E-state index in [4.69, 9.17) is 5.73 Å². The molecule has 1 fully saturated rings. The molecule has 21 heavy (non-hydrogen) atoms. The van der Waals surface area contributed by atoms with E-state index in [1.807, 2.05) is 25.1 Å². The summed E-state index contributed by atoms with van der Waals surface area (Å²) in [6, 6.07) is 7.41. The van der Waals surface area contributed by atoms with E-state index in [1.165, 1.54) is 0 Å². The average Bonchev–Trinajstić information content (AvgIpc) is 2.46. The van der Waals surface area contributed by atoms with Crippen LogP contribution in [0.1, 0.15) is 15.9 Å². The molecule has 1 aliphatic rings. The molecule has 1 amide bonds. The summed E-state index contributed by atoms with van der Waals surface area (Å²) in [6.45, 7) is 3.71. The van der Waals surface area contributed by atoms with E-state index in [-0.39, 0.29) is 11.9 Å². The summed E-state index contributed by atoms with van der Waals surface area (Å²) < 4.78 is 0. The van der Waals surface area contributed by atoms with Crippen LogP contribution < -0.4 is 5.73 Å². The largest absolute Gasteiger partial charge is 0.365 e. The van der Waals surface area contributed by atoms with Crippen molar-refractivity contribution in [2.45, 2.75) is 6.92 Å². The molecule has 2 N–H and O–H groups in total. The van der Waals surface area contributed by atoms with Crippen LogP contribution in [0.15, 0.2) is 29.4 Å². The number of nitrogens with two attached hydrogens (primary N) is 1. The Balaban J connectivity index is 1.98. The number of aryl methyl sites for hydroxylation is 1. The molecule has 0 radical (unpaired) electrons. The number of benzene rings is 1. The maximum atomic E-state index is 12.3. The zero-order valence-corrected chi connectivity index (χ0v) is 11.7. The summed E-state index contributed by atoms with van der Waals surface area (Å²) in [7, 11) is 0. The molecule has 0 saturated carbocycles. The molecular formula is C13H17N5O3. The molecule has 1 aromatic rings. The van der Waals surface area contributed by atoms with Crippen LogP contribution in [0.3, 0.4) is 0 Å². The summed E-state index contributed by atoms with van der Waals surface area (Å²) in [5.41, 5.74) is 7.21. The molecular weight excluding hydrogens is 274 g/mol.